The second-order valence-corrected chi connectivity index (χ2v) is 5.21. The fourth-order valence-electron chi connectivity index (χ4n) is 2.61. The van der Waals surface area contributed by atoms with E-state index in [9.17, 15) is 0 Å². The van der Waals surface area contributed by atoms with Gasteiger partial charge in [0.05, 0.1) is 19.3 Å². The molecule has 3 nitrogen and oxygen atoms in total. The van der Waals surface area contributed by atoms with Gasteiger partial charge in [-0.05, 0) is 49.4 Å². The number of aryl methyl sites for hydroxylation is 2. The summed E-state index contributed by atoms with van der Waals surface area (Å²) >= 11 is 0. The summed E-state index contributed by atoms with van der Waals surface area (Å²) in [6, 6.07) is 6.65. The molecule has 0 saturated heterocycles. The molecule has 0 amide bonds. The molecule has 0 unspecified atom stereocenters. The van der Waals surface area contributed by atoms with Crippen molar-refractivity contribution in [2.45, 2.75) is 31.7 Å². The van der Waals surface area contributed by atoms with Crippen LogP contribution in [0.15, 0.2) is 18.2 Å². The predicted molar refractivity (Wildman–Crippen MR) is 72.8 cm³/mol. The van der Waals surface area contributed by atoms with Crippen LogP contribution in [0.5, 0.6) is 0 Å². The molecule has 0 heterocycles. The minimum Gasteiger partial charge on any atom is -0.395 e. The van der Waals surface area contributed by atoms with Gasteiger partial charge in [-0.15, -0.1) is 0 Å². The van der Waals surface area contributed by atoms with Crippen molar-refractivity contribution >= 4 is 0 Å². The first-order chi connectivity index (χ1) is 8.74. The minimum absolute atomic E-state index is 0.0111. The molecule has 2 rings (SSSR count). The van der Waals surface area contributed by atoms with Gasteiger partial charge in [0.1, 0.15) is 0 Å². The molecule has 2 N–H and O–H groups in total. The van der Waals surface area contributed by atoms with E-state index in [1.54, 1.807) is 0 Å². The Bertz CT molecular complexity index is 388. The topological polar surface area (TPSA) is 43.7 Å². The van der Waals surface area contributed by atoms with Crippen molar-refractivity contribution in [2.24, 2.45) is 0 Å². The maximum Gasteiger partial charge on any atom is 0.0609 e. The first-order valence-electron chi connectivity index (χ1n) is 6.77. The van der Waals surface area contributed by atoms with Gasteiger partial charge in [0.25, 0.3) is 0 Å². The van der Waals surface area contributed by atoms with E-state index in [4.69, 9.17) is 10.2 Å². The quantitative estimate of drug-likeness (QED) is 0.790. The smallest absolute Gasteiger partial charge is 0.0609 e. The minimum atomic E-state index is -0.139. The van der Waals surface area contributed by atoms with Gasteiger partial charge in [0, 0.05) is 6.54 Å². The van der Waals surface area contributed by atoms with Crippen molar-refractivity contribution < 1.29 is 10.2 Å². The summed E-state index contributed by atoms with van der Waals surface area (Å²) in [5.74, 6) is 0. The van der Waals surface area contributed by atoms with Crippen LogP contribution in [0, 0.1) is 0 Å². The Morgan fingerprint density at radius 1 is 1.17 bits per heavy atom. The van der Waals surface area contributed by atoms with E-state index < -0.39 is 0 Å². The van der Waals surface area contributed by atoms with Crippen molar-refractivity contribution in [1.82, 2.24) is 4.90 Å². The van der Waals surface area contributed by atoms with Gasteiger partial charge in [-0.3, -0.25) is 4.90 Å². The van der Waals surface area contributed by atoms with Gasteiger partial charge in [-0.2, -0.15) is 0 Å². The highest BCUT2D eigenvalue weighted by atomic mass is 16.3. The lowest BCUT2D eigenvalue weighted by atomic mass is 10.0. The summed E-state index contributed by atoms with van der Waals surface area (Å²) in [4.78, 5) is 2.02. The molecular weight excluding hydrogens is 226 g/mol. The van der Waals surface area contributed by atoms with Crippen molar-refractivity contribution in [3.63, 3.8) is 0 Å². The summed E-state index contributed by atoms with van der Waals surface area (Å²) in [5.41, 5.74) is 4.38. The van der Waals surface area contributed by atoms with Gasteiger partial charge in [-0.25, -0.2) is 0 Å². The number of likely N-dealkylation sites (N-methyl/N-ethyl adjacent to an activating group) is 1. The van der Waals surface area contributed by atoms with E-state index in [1.807, 2.05) is 11.9 Å². The Hall–Kier alpha value is -0.900. The Balaban J connectivity index is 1.90. The molecule has 0 atom stereocenters. The fourth-order valence-corrected chi connectivity index (χ4v) is 2.61. The standard InChI is InChI=1S/C15H23NO2/c1-16(15(10-17)11-18)8-7-12-5-6-13-3-2-4-14(13)9-12/h5-6,9,15,17-18H,2-4,7-8,10-11H2,1H3. The molecule has 1 aromatic carbocycles. The molecule has 0 saturated carbocycles. The summed E-state index contributed by atoms with van der Waals surface area (Å²) in [7, 11) is 1.95. The van der Waals surface area contributed by atoms with Crippen LogP contribution in [0.25, 0.3) is 0 Å². The lowest BCUT2D eigenvalue weighted by molar-refractivity contribution is 0.0925. The third-order valence-corrected chi connectivity index (χ3v) is 3.96. The van der Waals surface area contributed by atoms with Crippen LogP contribution in [0.4, 0.5) is 0 Å². The molecule has 100 valence electrons. The second kappa shape index (κ2) is 6.32. The molecule has 1 aliphatic rings. The number of hydrogen-bond acceptors (Lipinski definition) is 3. The van der Waals surface area contributed by atoms with Crippen molar-refractivity contribution in [2.75, 3.05) is 26.8 Å². The highest BCUT2D eigenvalue weighted by Gasteiger charge is 2.13. The Labute approximate surface area is 109 Å². The molecule has 1 aromatic rings. The van der Waals surface area contributed by atoms with Crippen molar-refractivity contribution in [3.8, 4) is 0 Å². The number of fused-ring (bicyclic) bond motifs is 1. The molecule has 0 spiro atoms. The van der Waals surface area contributed by atoms with Crippen molar-refractivity contribution in [3.05, 3.63) is 34.9 Å². The lowest BCUT2D eigenvalue weighted by Gasteiger charge is -2.24. The summed E-state index contributed by atoms with van der Waals surface area (Å²) in [6.07, 6.45) is 4.71. The Morgan fingerprint density at radius 3 is 2.61 bits per heavy atom. The molecule has 0 radical (unpaired) electrons. The van der Waals surface area contributed by atoms with E-state index in [0.717, 1.165) is 13.0 Å². The summed E-state index contributed by atoms with van der Waals surface area (Å²) < 4.78 is 0. The molecule has 1 aliphatic carbocycles. The number of hydrogen-bond donors (Lipinski definition) is 2. The van der Waals surface area contributed by atoms with E-state index >= 15 is 0 Å². The summed E-state index contributed by atoms with van der Waals surface area (Å²) in [6.45, 7) is 0.888. The molecule has 0 aliphatic heterocycles. The SMILES string of the molecule is CN(CCc1ccc2c(c1)CCC2)C(CO)CO. The first kappa shape index (κ1) is 13.5. The maximum atomic E-state index is 9.12. The Morgan fingerprint density at radius 2 is 1.89 bits per heavy atom. The normalized spacial score (nSPS) is 14.5. The van der Waals surface area contributed by atoms with Crippen molar-refractivity contribution in [1.29, 1.82) is 0 Å². The third-order valence-electron chi connectivity index (χ3n) is 3.96. The zero-order chi connectivity index (χ0) is 13.0. The highest BCUT2D eigenvalue weighted by molar-refractivity contribution is 5.35. The average Bonchev–Trinajstić information content (AvgIpc) is 2.85. The van der Waals surface area contributed by atoms with Crippen LogP contribution in [-0.2, 0) is 19.3 Å². The molecular formula is C15H23NO2. The molecule has 18 heavy (non-hydrogen) atoms. The second-order valence-electron chi connectivity index (χ2n) is 5.21. The zero-order valence-corrected chi connectivity index (χ0v) is 11.1. The highest BCUT2D eigenvalue weighted by Crippen LogP contribution is 2.23. The fraction of sp³-hybridized carbons (Fsp3) is 0.600. The number of nitrogens with zero attached hydrogens (tertiary/aromatic N) is 1. The van der Waals surface area contributed by atoms with E-state index in [0.29, 0.717) is 0 Å². The van der Waals surface area contributed by atoms with Crippen LogP contribution in [0.1, 0.15) is 23.1 Å². The van der Waals surface area contributed by atoms with E-state index in [-0.39, 0.29) is 19.3 Å². The lowest BCUT2D eigenvalue weighted by Crippen LogP contribution is -2.38. The first-order valence-corrected chi connectivity index (χ1v) is 6.77. The monoisotopic (exact) mass is 249 g/mol. The summed E-state index contributed by atoms with van der Waals surface area (Å²) in [5, 5.41) is 18.2. The van der Waals surface area contributed by atoms with Gasteiger partial charge < -0.3 is 10.2 Å². The van der Waals surface area contributed by atoms with Crippen LogP contribution in [0.3, 0.4) is 0 Å². The molecule has 0 aromatic heterocycles. The van der Waals surface area contributed by atoms with Crippen LogP contribution >= 0.6 is 0 Å². The van der Waals surface area contributed by atoms with E-state index in [1.165, 1.54) is 36.0 Å². The molecule has 0 fully saturated rings. The maximum absolute atomic E-state index is 9.12. The average molecular weight is 249 g/mol. The van der Waals surface area contributed by atoms with Gasteiger partial charge in [-0.1, -0.05) is 18.2 Å². The number of benzene rings is 1. The van der Waals surface area contributed by atoms with Gasteiger partial charge in [0.15, 0.2) is 0 Å². The Kier molecular flexibility index (Phi) is 4.75. The number of rotatable bonds is 6. The van der Waals surface area contributed by atoms with E-state index in [2.05, 4.69) is 18.2 Å². The zero-order valence-electron chi connectivity index (χ0n) is 11.1. The predicted octanol–water partition coefficient (Wildman–Crippen LogP) is 1.00. The number of aliphatic hydroxyl groups is 2. The van der Waals surface area contributed by atoms with Crippen LogP contribution < -0.4 is 0 Å². The van der Waals surface area contributed by atoms with Crippen LogP contribution in [-0.4, -0.2) is 48.0 Å². The van der Waals surface area contributed by atoms with Crippen LogP contribution in [0.2, 0.25) is 0 Å². The van der Waals surface area contributed by atoms with Gasteiger partial charge >= 0.3 is 0 Å². The molecule has 3 heteroatoms. The third kappa shape index (κ3) is 3.10. The largest absolute Gasteiger partial charge is 0.395 e. The molecule has 0 bridgehead atoms. The van der Waals surface area contributed by atoms with Gasteiger partial charge in [0.2, 0.25) is 0 Å². The number of aliphatic hydroxyl groups excluding tert-OH is 2.